The first-order valence-electron chi connectivity index (χ1n) is 13.1. The number of H-pyrrole nitrogens is 1. The van der Waals surface area contributed by atoms with Gasteiger partial charge in [-0.15, -0.1) is 0 Å². The Balaban J connectivity index is 1.37. The molecule has 0 aliphatic carbocycles. The molecule has 3 aromatic carbocycles. The van der Waals surface area contributed by atoms with E-state index in [0.29, 0.717) is 25.2 Å². The summed E-state index contributed by atoms with van der Waals surface area (Å²) in [5.41, 5.74) is 6.22. The van der Waals surface area contributed by atoms with Gasteiger partial charge in [-0.1, -0.05) is 35.9 Å². The van der Waals surface area contributed by atoms with E-state index in [1.807, 2.05) is 24.4 Å². The van der Waals surface area contributed by atoms with Crippen molar-refractivity contribution in [1.82, 2.24) is 9.88 Å². The molecular formula is C31H30ClFN2O3. The summed E-state index contributed by atoms with van der Waals surface area (Å²) >= 11 is 6.51. The number of aromatic hydroxyl groups is 1. The maximum absolute atomic E-state index is 12.5. The van der Waals surface area contributed by atoms with Gasteiger partial charge in [-0.25, -0.2) is 0 Å². The molecule has 38 heavy (non-hydrogen) atoms. The van der Waals surface area contributed by atoms with Gasteiger partial charge in [0.1, 0.15) is 28.4 Å². The summed E-state index contributed by atoms with van der Waals surface area (Å²) in [4.78, 5) is 5.58. The molecule has 4 aromatic rings. The maximum atomic E-state index is 12.5. The zero-order valence-corrected chi connectivity index (χ0v) is 21.8. The highest BCUT2D eigenvalue weighted by atomic mass is 35.5. The van der Waals surface area contributed by atoms with Crippen LogP contribution in [0.1, 0.15) is 36.0 Å². The van der Waals surface area contributed by atoms with Crippen LogP contribution in [0.3, 0.4) is 0 Å². The monoisotopic (exact) mass is 532 g/mol. The van der Waals surface area contributed by atoms with E-state index in [1.165, 1.54) is 0 Å². The maximum Gasteiger partial charge on any atom is 0.149 e. The van der Waals surface area contributed by atoms with Crippen molar-refractivity contribution >= 4 is 33.7 Å². The number of alkyl halides is 1. The predicted molar refractivity (Wildman–Crippen MR) is 150 cm³/mol. The first kappa shape index (κ1) is 24.8. The average molecular weight is 533 g/mol. The summed E-state index contributed by atoms with van der Waals surface area (Å²) in [7, 11) is 0. The summed E-state index contributed by atoms with van der Waals surface area (Å²) < 4.78 is 24.9. The van der Waals surface area contributed by atoms with Crippen LogP contribution in [0.2, 0.25) is 5.02 Å². The van der Waals surface area contributed by atoms with Crippen LogP contribution >= 0.6 is 11.6 Å². The number of likely N-dealkylation sites (tertiary alicyclic amines) is 1. The quantitative estimate of drug-likeness (QED) is 0.267. The van der Waals surface area contributed by atoms with E-state index in [-0.39, 0.29) is 23.6 Å². The summed E-state index contributed by atoms with van der Waals surface area (Å²) in [6, 6.07) is 20.1. The minimum absolute atomic E-state index is 0.00175. The number of hydrogen-bond acceptors (Lipinski definition) is 4. The molecule has 2 N–H and O–H groups in total. The van der Waals surface area contributed by atoms with E-state index in [2.05, 4.69) is 46.3 Å². The van der Waals surface area contributed by atoms with E-state index in [9.17, 15) is 9.50 Å². The Kier molecular flexibility index (Phi) is 7.00. The fourth-order valence-electron chi connectivity index (χ4n) is 5.55. The van der Waals surface area contributed by atoms with Gasteiger partial charge in [-0.05, 0) is 76.9 Å². The lowest BCUT2D eigenvalue weighted by molar-refractivity contribution is 0.198. The first-order valence-corrected chi connectivity index (χ1v) is 13.5. The number of rotatable bonds is 7. The molecule has 6 rings (SSSR count). The van der Waals surface area contributed by atoms with E-state index in [4.69, 9.17) is 21.1 Å². The van der Waals surface area contributed by atoms with Crippen LogP contribution in [0.5, 0.6) is 17.2 Å². The highest BCUT2D eigenvalue weighted by Crippen LogP contribution is 2.46. The Morgan fingerprint density at radius 1 is 1.08 bits per heavy atom. The Bertz CT molecular complexity index is 1480. The third kappa shape index (κ3) is 4.86. The lowest BCUT2D eigenvalue weighted by Crippen LogP contribution is -2.26. The molecule has 0 amide bonds. The number of nitrogens with zero attached hydrogens (tertiary/aromatic N) is 1. The average Bonchev–Trinajstić information content (AvgIpc) is 3.55. The minimum atomic E-state index is -0.279. The van der Waals surface area contributed by atoms with Gasteiger partial charge in [0.05, 0.1) is 13.3 Å². The Morgan fingerprint density at radius 3 is 2.76 bits per heavy atom. The third-order valence-corrected chi connectivity index (χ3v) is 7.80. The molecule has 1 saturated heterocycles. The second-order valence-electron chi connectivity index (χ2n) is 9.90. The fourth-order valence-corrected chi connectivity index (χ4v) is 5.77. The Hall–Kier alpha value is -3.48. The van der Waals surface area contributed by atoms with Gasteiger partial charge < -0.3 is 19.6 Å². The van der Waals surface area contributed by atoms with Crippen molar-refractivity contribution in [2.24, 2.45) is 0 Å². The molecule has 1 aromatic heterocycles. The Labute approximate surface area is 226 Å². The molecule has 0 saturated carbocycles. The fraction of sp³-hybridized carbons (Fsp3) is 0.290. The Morgan fingerprint density at radius 2 is 1.92 bits per heavy atom. The molecule has 1 fully saturated rings. The summed E-state index contributed by atoms with van der Waals surface area (Å²) in [5.74, 6) is 1.31. The molecule has 3 heterocycles. The second-order valence-corrected chi connectivity index (χ2v) is 10.3. The van der Waals surface area contributed by atoms with Gasteiger partial charge in [0, 0.05) is 43.3 Å². The van der Waals surface area contributed by atoms with E-state index >= 15 is 0 Å². The van der Waals surface area contributed by atoms with Gasteiger partial charge in [0.25, 0.3) is 0 Å². The highest BCUT2D eigenvalue weighted by molar-refractivity contribution is 6.34. The number of hydrogen-bond donors (Lipinski definition) is 2. The highest BCUT2D eigenvalue weighted by Gasteiger charge is 2.26. The minimum Gasteiger partial charge on any atom is -0.506 e. The van der Waals surface area contributed by atoms with Crippen molar-refractivity contribution in [2.45, 2.75) is 25.4 Å². The van der Waals surface area contributed by atoms with Gasteiger partial charge >= 0.3 is 0 Å². The zero-order chi connectivity index (χ0) is 26.1. The molecular weight excluding hydrogens is 503 g/mol. The molecule has 7 heteroatoms. The van der Waals surface area contributed by atoms with E-state index < -0.39 is 0 Å². The van der Waals surface area contributed by atoms with Crippen LogP contribution in [-0.4, -0.2) is 54.0 Å². The van der Waals surface area contributed by atoms with Crippen molar-refractivity contribution in [3.05, 3.63) is 88.6 Å². The number of fused-ring (bicyclic) bond motifs is 2. The molecule has 1 atom stereocenters. The van der Waals surface area contributed by atoms with Crippen molar-refractivity contribution in [3.63, 3.8) is 0 Å². The van der Waals surface area contributed by atoms with Crippen LogP contribution in [0.15, 0.2) is 66.9 Å². The van der Waals surface area contributed by atoms with Gasteiger partial charge in [-0.2, -0.15) is 0 Å². The van der Waals surface area contributed by atoms with E-state index in [1.54, 1.807) is 6.07 Å². The summed E-state index contributed by atoms with van der Waals surface area (Å²) in [6.45, 7) is 2.71. The molecule has 0 spiro atoms. The molecule has 0 bridgehead atoms. The number of aromatic amines is 1. The van der Waals surface area contributed by atoms with Gasteiger partial charge in [-0.3, -0.25) is 9.29 Å². The number of phenols is 1. The number of ether oxygens (including phenoxy) is 2. The smallest absolute Gasteiger partial charge is 0.149 e. The van der Waals surface area contributed by atoms with Crippen LogP contribution in [-0.2, 0) is 0 Å². The molecule has 2 aliphatic rings. The molecule has 0 unspecified atom stereocenters. The van der Waals surface area contributed by atoms with Gasteiger partial charge in [0.2, 0.25) is 0 Å². The zero-order valence-electron chi connectivity index (χ0n) is 21.1. The number of nitrogens with one attached hydrogen (secondary N) is 1. The summed E-state index contributed by atoms with van der Waals surface area (Å²) in [6.07, 6.45) is 4.25. The summed E-state index contributed by atoms with van der Waals surface area (Å²) in [5, 5.41) is 11.6. The van der Waals surface area contributed by atoms with Gasteiger partial charge in [0.15, 0.2) is 0 Å². The number of halogens is 2. The lowest BCUT2D eigenvalue weighted by atomic mass is 9.88. The standard InChI is InChI=1S/C31H30ClFN2O3/c32-30-28(36)9-8-26-29(21-4-6-23(7-5-21)38-24-11-16-35(19-24)15-1-13-33)25(12-17-37-31(26)30)22-3-2-20-10-14-34-27(20)18-22/h2-10,14,18,24,34,36H,1,11-13,15-17,19H2/t24-/m0/s1. The molecule has 5 nitrogen and oxygen atoms in total. The topological polar surface area (TPSA) is 57.7 Å². The SMILES string of the molecule is Oc1ccc2c(c1Cl)OCCC(c1ccc3cc[nH]c3c1)=C2c1ccc(O[C@H]2CCN(CCCF)C2)cc1. The number of phenolic OH excluding ortho intramolecular Hbond substituents is 1. The normalized spacial score (nSPS) is 17.9. The van der Waals surface area contributed by atoms with Crippen molar-refractivity contribution < 1.29 is 19.0 Å². The lowest BCUT2D eigenvalue weighted by Gasteiger charge is -2.18. The van der Waals surface area contributed by atoms with Crippen LogP contribution in [0, 0.1) is 0 Å². The molecule has 0 radical (unpaired) electrons. The number of benzene rings is 3. The number of aromatic nitrogens is 1. The predicted octanol–water partition coefficient (Wildman–Crippen LogP) is 7.08. The van der Waals surface area contributed by atoms with Crippen molar-refractivity contribution in [2.75, 3.05) is 32.9 Å². The second kappa shape index (κ2) is 10.7. The van der Waals surface area contributed by atoms with Crippen molar-refractivity contribution in [3.8, 4) is 17.2 Å². The van der Waals surface area contributed by atoms with Crippen LogP contribution in [0.25, 0.3) is 22.0 Å². The van der Waals surface area contributed by atoms with E-state index in [0.717, 1.165) is 70.5 Å². The third-order valence-electron chi connectivity index (χ3n) is 7.43. The largest absolute Gasteiger partial charge is 0.506 e. The van der Waals surface area contributed by atoms with Crippen LogP contribution in [0.4, 0.5) is 4.39 Å². The van der Waals surface area contributed by atoms with Crippen molar-refractivity contribution in [1.29, 1.82) is 0 Å². The van der Waals surface area contributed by atoms with Crippen LogP contribution < -0.4 is 9.47 Å². The molecule has 196 valence electrons. The molecule has 2 aliphatic heterocycles. The first-order chi connectivity index (χ1) is 18.6.